The van der Waals surface area contributed by atoms with E-state index in [-0.39, 0.29) is 12.2 Å². The van der Waals surface area contributed by atoms with E-state index in [9.17, 15) is 4.79 Å². The normalized spacial score (nSPS) is 25.2. The fraction of sp³-hybridized carbons (Fsp3) is 0.500. The number of cyclic esters (lactones) is 1. The number of hydrogen-bond donors (Lipinski definition) is 1. The van der Waals surface area contributed by atoms with Crippen LogP contribution in [0, 0.1) is 5.92 Å². The number of anilines is 1. The van der Waals surface area contributed by atoms with Crippen LogP contribution in [-0.2, 0) is 4.74 Å². The van der Waals surface area contributed by atoms with Gasteiger partial charge in [0, 0.05) is 11.6 Å². The molecule has 18 heavy (non-hydrogen) atoms. The van der Waals surface area contributed by atoms with Gasteiger partial charge in [0.15, 0.2) is 0 Å². The fourth-order valence-corrected chi connectivity index (χ4v) is 2.76. The van der Waals surface area contributed by atoms with Gasteiger partial charge in [-0.1, -0.05) is 18.2 Å². The molecule has 1 unspecified atom stereocenters. The predicted octanol–water partition coefficient (Wildman–Crippen LogP) is 2.01. The molecule has 4 nitrogen and oxygen atoms in total. The summed E-state index contributed by atoms with van der Waals surface area (Å²) in [6.07, 6.45) is 2.05. The van der Waals surface area contributed by atoms with Gasteiger partial charge in [-0.15, -0.1) is 0 Å². The minimum atomic E-state index is -0.204. The van der Waals surface area contributed by atoms with Crippen molar-refractivity contribution in [3.8, 4) is 0 Å². The van der Waals surface area contributed by atoms with Crippen molar-refractivity contribution >= 4 is 11.8 Å². The SMILES string of the molecule is O=C1OC(C2CCNCC2)CN1c1ccccc1. The van der Waals surface area contributed by atoms with E-state index >= 15 is 0 Å². The standard InChI is InChI=1S/C14H18N2O2/c17-14-16(12-4-2-1-3-5-12)10-13(18-14)11-6-8-15-9-7-11/h1-5,11,13,15H,6-10H2. The summed E-state index contributed by atoms with van der Waals surface area (Å²) in [7, 11) is 0. The van der Waals surface area contributed by atoms with Gasteiger partial charge in [0.2, 0.25) is 0 Å². The number of nitrogens with zero attached hydrogens (tertiary/aromatic N) is 1. The number of carbonyl (C=O) groups is 1. The molecule has 2 fully saturated rings. The lowest BCUT2D eigenvalue weighted by Crippen LogP contribution is -2.36. The molecule has 0 aromatic heterocycles. The second-order valence-corrected chi connectivity index (χ2v) is 4.96. The molecular formula is C14H18N2O2. The zero-order chi connectivity index (χ0) is 12.4. The Morgan fingerprint density at radius 1 is 1.17 bits per heavy atom. The number of hydrogen-bond acceptors (Lipinski definition) is 3. The monoisotopic (exact) mass is 246 g/mol. The summed E-state index contributed by atoms with van der Waals surface area (Å²) < 4.78 is 5.53. The number of nitrogens with one attached hydrogen (secondary N) is 1. The topological polar surface area (TPSA) is 41.6 Å². The van der Waals surface area contributed by atoms with Crippen LogP contribution in [0.4, 0.5) is 10.5 Å². The number of benzene rings is 1. The molecule has 1 aromatic carbocycles. The van der Waals surface area contributed by atoms with Crippen molar-refractivity contribution in [2.45, 2.75) is 18.9 Å². The molecule has 1 aromatic rings. The molecule has 0 saturated carbocycles. The van der Waals surface area contributed by atoms with Crippen LogP contribution in [0.2, 0.25) is 0 Å². The molecular weight excluding hydrogens is 228 g/mol. The van der Waals surface area contributed by atoms with Crippen molar-refractivity contribution in [1.29, 1.82) is 0 Å². The Labute approximate surface area is 107 Å². The highest BCUT2D eigenvalue weighted by Gasteiger charge is 2.37. The maximum Gasteiger partial charge on any atom is 0.414 e. The molecule has 1 amide bonds. The van der Waals surface area contributed by atoms with Crippen molar-refractivity contribution in [1.82, 2.24) is 5.32 Å². The van der Waals surface area contributed by atoms with Crippen LogP contribution in [0.1, 0.15) is 12.8 Å². The first-order chi connectivity index (χ1) is 8.84. The average molecular weight is 246 g/mol. The van der Waals surface area contributed by atoms with Gasteiger partial charge in [0.1, 0.15) is 6.10 Å². The van der Waals surface area contributed by atoms with E-state index in [1.807, 2.05) is 30.3 Å². The summed E-state index contributed by atoms with van der Waals surface area (Å²) >= 11 is 0. The predicted molar refractivity (Wildman–Crippen MR) is 69.7 cm³/mol. The van der Waals surface area contributed by atoms with Crippen LogP contribution >= 0.6 is 0 Å². The molecule has 96 valence electrons. The summed E-state index contributed by atoms with van der Waals surface area (Å²) in [4.78, 5) is 13.7. The molecule has 2 heterocycles. The summed E-state index contributed by atoms with van der Waals surface area (Å²) in [5.74, 6) is 0.504. The highest BCUT2D eigenvalue weighted by Crippen LogP contribution is 2.28. The Hall–Kier alpha value is -1.55. The van der Waals surface area contributed by atoms with E-state index in [2.05, 4.69) is 5.32 Å². The number of ether oxygens (including phenoxy) is 1. The van der Waals surface area contributed by atoms with Gasteiger partial charge >= 0.3 is 6.09 Å². The van der Waals surface area contributed by atoms with E-state index < -0.39 is 0 Å². The Morgan fingerprint density at radius 3 is 2.61 bits per heavy atom. The minimum Gasteiger partial charge on any atom is -0.444 e. The van der Waals surface area contributed by atoms with Crippen LogP contribution in [0.5, 0.6) is 0 Å². The molecule has 3 rings (SSSR count). The van der Waals surface area contributed by atoms with Gasteiger partial charge in [0.05, 0.1) is 6.54 Å². The van der Waals surface area contributed by atoms with Crippen molar-refractivity contribution in [2.24, 2.45) is 5.92 Å². The molecule has 2 saturated heterocycles. The van der Waals surface area contributed by atoms with Crippen molar-refractivity contribution in [3.63, 3.8) is 0 Å². The molecule has 2 aliphatic rings. The van der Waals surface area contributed by atoms with Gasteiger partial charge in [-0.05, 0) is 38.1 Å². The quantitative estimate of drug-likeness (QED) is 0.868. The highest BCUT2D eigenvalue weighted by molar-refractivity contribution is 5.89. The Kier molecular flexibility index (Phi) is 3.19. The lowest BCUT2D eigenvalue weighted by molar-refractivity contribution is 0.0919. The lowest BCUT2D eigenvalue weighted by atomic mass is 9.92. The highest BCUT2D eigenvalue weighted by atomic mass is 16.6. The second kappa shape index (κ2) is 4.98. The van der Waals surface area contributed by atoms with E-state index in [1.54, 1.807) is 4.90 Å². The molecule has 1 N–H and O–H groups in total. The Bertz CT molecular complexity index is 415. The minimum absolute atomic E-state index is 0.0554. The van der Waals surface area contributed by atoms with Crippen LogP contribution in [-0.4, -0.2) is 31.8 Å². The lowest BCUT2D eigenvalue weighted by Gasteiger charge is -2.26. The molecule has 0 bridgehead atoms. The number of para-hydroxylation sites is 1. The summed E-state index contributed by atoms with van der Waals surface area (Å²) in [5.41, 5.74) is 0.930. The zero-order valence-corrected chi connectivity index (χ0v) is 10.3. The van der Waals surface area contributed by atoms with Gasteiger partial charge < -0.3 is 10.1 Å². The van der Waals surface area contributed by atoms with Crippen LogP contribution < -0.4 is 10.2 Å². The van der Waals surface area contributed by atoms with E-state index in [0.29, 0.717) is 12.5 Å². The van der Waals surface area contributed by atoms with Gasteiger partial charge in [0.25, 0.3) is 0 Å². The van der Waals surface area contributed by atoms with Gasteiger partial charge in [-0.25, -0.2) is 4.79 Å². The fourth-order valence-electron chi connectivity index (χ4n) is 2.76. The summed E-state index contributed by atoms with van der Waals surface area (Å²) in [6.45, 7) is 2.75. The molecule has 1 atom stereocenters. The first-order valence-electron chi connectivity index (χ1n) is 6.58. The Balaban J connectivity index is 1.70. The third kappa shape index (κ3) is 2.20. The molecule has 4 heteroatoms. The molecule has 0 spiro atoms. The van der Waals surface area contributed by atoms with Crippen LogP contribution in [0.15, 0.2) is 30.3 Å². The second-order valence-electron chi connectivity index (χ2n) is 4.96. The Morgan fingerprint density at radius 2 is 1.89 bits per heavy atom. The first kappa shape index (κ1) is 11.5. The van der Waals surface area contributed by atoms with E-state index in [1.165, 1.54) is 0 Å². The number of piperidine rings is 1. The smallest absolute Gasteiger partial charge is 0.414 e. The maximum atomic E-state index is 11.9. The van der Waals surface area contributed by atoms with Crippen LogP contribution in [0.3, 0.4) is 0 Å². The number of rotatable bonds is 2. The largest absolute Gasteiger partial charge is 0.444 e. The number of amides is 1. The summed E-state index contributed by atoms with van der Waals surface area (Å²) in [5, 5.41) is 3.34. The maximum absolute atomic E-state index is 11.9. The van der Waals surface area contributed by atoms with Gasteiger partial charge in [-0.3, -0.25) is 4.90 Å². The first-order valence-corrected chi connectivity index (χ1v) is 6.58. The van der Waals surface area contributed by atoms with Crippen LogP contribution in [0.25, 0.3) is 0 Å². The van der Waals surface area contributed by atoms with Crippen molar-refractivity contribution in [2.75, 3.05) is 24.5 Å². The van der Waals surface area contributed by atoms with E-state index in [0.717, 1.165) is 31.6 Å². The molecule has 0 radical (unpaired) electrons. The van der Waals surface area contributed by atoms with E-state index in [4.69, 9.17) is 4.74 Å². The third-order valence-corrected chi connectivity index (χ3v) is 3.81. The number of carbonyl (C=O) groups excluding carboxylic acids is 1. The third-order valence-electron chi connectivity index (χ3n) is 3.81. The van der Waals surface area contributed by atoms with Crippen molar-refractivity contribution < 1.29 is 9.53 Å². The summed E-state index contributed by atoms with van der Waals surface area (Å²) in [6, 6.07) is 9.74. The van der Waals surface area contributed by atoms with Crippen molar-refractivity contribution in [3.05, 3.63) is 30.3 Å². The van der Waals surface area contributed by atoms with Gasteiger partial charge in [-0.2, -0.15) is 0 Å². The molecule has 2 aliphatic heterocycles. The zero-order valence-electron chi connectivity index (χ0n) is 10.3. The average Bonchev–Trinajstić information content (AvgIpc) is 2.83. The molecule has 0 aliphatic carbocycles.